The minimum absolute atomic E-state index is 0.0590. The van der Waals surface area contributed by atoms with Crippen molar-refractivity contribution >= 4 is 5.69 Å². The average Bonchev–Trinajstić information content (AvgIpc) is 2.73. The summed E-state index contributed by atoms with van der Waals surface area (Å²) in [7, 11) is 0. The fraction of sp³-hybridized carbons (Fsp3) is 0.417. The van der Waals surface area contributed by atoms with Crippen molar-refractivity contribution in [2.45, 2.75) is 31.8 Å². The summed E-state index contributed by atoms with van der Waals surface area (Å²) in [6.45, 7) is 3.78. The van der Waals surface area contributed by atoms with Crippen LogP contribution in [0.3, 0.4) is 0 Å². The van der Waals surface area contributed by atoms with Gasteiger partial charge in [-0.05, 0) is 38.7 Å². The van der Waals surface area contributed by atoms with Crippen LogP contribution in [-0.2, 0) is 0 Å². The quantitative estimate of drug-likeness (QED) is 0.581. The summed E-state index contributed by atoms with van der Waals surface area (Å²) in [5.74, 6) is 0.664. The standard InChI is InChI=1S/C12H14NO3/c1-9-8-10(13(14)15)6-7-12(9)16-11-4-2-3-5-11/h6-8,11H,1-5H2. The fourth-order valence-corrected chi connectivity index (χ4v) is 1.98. The molecule has 1 aromatic rings. The lowest BCUT2D eigenvalue weighted by atomic mass is 10.2. The zero-order valence-corrected chi connectivity index (χ0v) is 9.02. The molecule has 4 heteroatoms. The Kier molecular flexibility index (Phi) is 3.08. The minimum atomic E-state index is -0.423. The van der Waals surface area contributed by atoms with E-state index in [4.69, 9.17) is 4.74 Å². The number of nitrogens with zero attached hydrogens (tertiary/aromatic N) is 1. The van der Waals surface area contributed by atoms with E-state index in [-0.39, 0.29) is 11.8 Å². The maximum atomic E-state index is 10.5. The Labute approximate surface area is 94.4 Å². The molecule has 0 spiro atoms. The predicted octanol–water partition coefficient (Wildman–Crippen LogP) is 3.10. The molecule has 0 N–H and O–H groups in total. The van der Waals surface area contributed by atoms with E-state index < -0.39 is 4.92 Å². The molecule has 1 aliphatic carbocycles. The van der Waals surface area contributed by atoms with Crippen molar-refractivity contribution in [2.24, 2.45) is 0 Å². The van der Waals surface area contributed by atoms with E-state index in [9.17, 15) is 10.1 Å². The Morgan fingerprint density at radius 1 is 1.38 bits per heavy atom. The summed E-state index contributed by atoms with van der Waals surface area (Å²) in [5, 5.41) is 10.5. The Hall–Kier alpha value is -1.58. The van der Waals surface area contributed by atoms with Crippen LogP contribution in [0.25, 0.3) is 0 Å². The third-order valence-corrected chi connectivity index (χ3v) is 2.85. The van der Waals surface area contributed by atoms with Crippen molar-refractivity contribution in [2.75, 3.05) is 0 Å². The van der Waals surface area contributed by atoms with E-state index in [1.165, 1.54) is 25.0 Å². The molecular weight excluding hydrogens is 206 g/mol. The first-order valence-electron chi connectivity index (χ1n) is 5.44. The smallest absolute Gasteiger partial charge is 0.269 e. The maximum Gasteiger partial charge on any atom is 0.269 e. The molecule has 1 radical (unpaired) electrons. The molecular formula is C12H14NO3. The second-order valence-corrected chi connectivity index (χ2v) is 4.07. The fourth-order valence-electron chi connectivity index (χ4n) is 1.98. The van der Waals surface area contributed by atoms with Gasteiger partial charge in [0.2, 0.25) is 0 Å². The van der Waals surface area contributed by atoms with Gasteiger partial charge in [-0.2, -0.15) is 0 Å². The van der Waals surface area contributed by atoms with Crippen molar-refractivity contribution < 1.29 is 9.66 Å². The number of nitro benzene ring substituents is 1. The summed E-state index contributed by atoms with van der Waals surface area (Å²) in [6.07, 6.45) is 4.78. The lowest BCUT2D eigenvalue weighted by Gasteiger charge is -2.14. The van der Waals surface area contributed by atoms with Gasteiger partial charge in [-0.25, -0.2) is 0 Å². The first kappa shape index (κ1) is 10.9. The van der Waals surface area contributed by atoms with Crippen molar-refractivity contribution in [3.8, 4) is 5.75 Å². The van der Waals surface area contributed by atoms with Gasteiger partial charge in [-0.15, -0.1) is 0 Å². The highest BCUT2D eigenvalue weighted by atomic mass is 16.6. The molecule has 0 amide bonds. The SMILES string of the molecule is [CH2]c1cc([N+](=O)[O-])ccc1OC1CCCC1. The first-order chi connectivity index (χ1) is 7.66. The van der Waals surface area contributed by atoms with Gasteiger partial charge in [0, 0.05) is 17.7 Å². The summed E-state index contributed by atoms with van der Waals surface area (Å²) in [5.41, 5.74) is 0.643. The lowest BCUT2D eigenvalue weighted by Crippen LogP contribution is -2.11. The molecule has 0 saturated heterocycles. The highest BCUT2D eigenvalue weighted by Gasteiger charge is 2.18. The number of benzene rings is 1. The number of hydrogen-bond donors (Lipinski definition) is 0. The molecule has 85 valence electrons. The molecule has 0 bridgehead atoms. The third kappa shape index (κ3) is 2.32. The van der Waals surface area contributed by atoms with Gasteiger partial charge in [0.15, 0.2) is 0 Å². The molecule has 1 fully saturated rings. The van der Waals surface area contributed by atoms with E-state index in [0.29, 0.717) is 11.3 Å². The lowest BCUT2D eigenvalue weighted by molar-refractivity contribution is -0.384. The van der Waals surface area contributed by atoms with E-state index >= 15 is 0 Å². The number of ether oxygens (including phenoxy) is 1. The summed E-state index contributed by atoms with van der Waals surface area (Å²) in [6, 6.07) is 4.54. The van der Waals surface area contributed by atoms with Gasteiger partial charge < -0.3 is 4.74 Å². The molecule has 1 aromatic carbocycles. The zero-order chi connectivity index (χ0) is 11.5. The molecule has 2 rings (SSSR count). The number of nitro groups is 1. The maximum absolute atomic E-state index is 10.5. The predicted molar refractivity (Wildman–Crippen MR) is 60.4 cm³/mol. The van der Waals surface area contributed by atoms with E-state index in [0.717, 1.165) is 12.8 Å². The Morgan fingerprint density at radius 2 is 2.06 bits per heavy atom. The summed E-state index contributed by atoms with van der Waals surface area (Å²) in [4.78, 5) is 10.1. The van der Waals surface area contributed by atoms with Crippen LogP contribution in [0.4, 0.5) is 5.69 Å². The van der Waals surface area contributed by atoms with Crippen LogP contribution in [0.15, 0.2) is 18.2 Å². The second-order valence-electron chi connectivity index (χ2n) is 4.07. The first-order valence-corrected chi connectivity index (χ1v) is 5.44. The second kappa shape index (κ2) is 4.51. The third-order valence-electron chi connectivity index (χ3n) is 2.85. The highest BCUT2D eigenvalue weighted by molar-refractivity contribution is 5.45. The topological polar surface area (TPSA) is 52.4 Å². The van der Waals surface area contributed by atoms with Gasteiger partial charge >= 0.3 is 0 Å². The molecule has 0 atom stereocenters. The van der Waals surface area contributed by atoms with E-state index in [1.54, 1.807) is 6.07 Å². The van der Waals surface area contributed by atoms with E-state index in [2.05, 4.69) is 6.92 Å². The molecule has 0 unspecified atom stereocenters. The van der Waals surface area contributed by atoms with Crippen LogP contribution in [0.2, 0.25) is 0 Å². The zero-order valence-electron chi connectivity index (χ0n) is 9.02. The molecule has 0 aromatic heterocycles. The van der Waals surface area contributed by atoms with Crippen molar-refractivity contribution in [1.82, 2.24) is 0 Å². The normalized spacial score (nSPS) is 16.3. The van der Waals surface area contributed by atoms with Crippen LogP contribution in [0, 0.1) is 17.0 Å². The summed E-state index contributed by atoms with van der Waals surface area (Å²) >= 11 is 0. The number of non-ortho nitro benzene ring substituents is 1. The average molecular weight is 220 g/mol. The summed E-state index contributed by atoms with van der Waals surface area (Å²) < 4.78 is 5.76. The van der Waals surface area contributed by atoms with Crippen molar-refractivity contribution in [3.05, 3.63) is 40.8 Å². The Morgan fingerprint density at radius 3 is 2.62 bits per heavy atom. The molecule has 1 aliphatic rings. The monoisotopic (exact) mass is 220 g/mol. The van der Waals surface area contributed by atoms with Crippen molar-refractivity contribution in [3.63, 3.8) is 0 Å². The van der Waals surface area contributed by atoms with Gasteiger partial charge in [-0.1, -0.05) is 0 Å². The van der Waals surface area contributed by atoms with Gasteiger partial charge in [0.25, 0.3) is 5.69 Å². The highest BCUT2D eigenvalue weighted by Crippen LogP contribution is 2.28. The van der Waals surface area contributed by atoms with Crippen LogP contribution < -0.4 is 4.74 Å². The van der Waals surface area contributed by atoms with Gasteiger partial charge in [0.05, 0.1) is 11.0 Å². The molecule has 4 nitrogen and oxygen atoms in total. The van der Waals surface area contributed by atoms with Crippen molar-refractivity contribution in [1.29, 1.82) is 0 Å². The van der Waals surface area contributed by atoms with Gasteiger partial charge in [0.1, 0.15) is 5.75 Å². The van der Waals surface area contributed by atoms with Crippen LogP contribution >= 0.6 is 0 Å². The van der Waals surface area contributed by atoms with E-state index in [1.807, 2.05) is 0 Å². The largest absolute Gasteiger partial charge is 0.490 e. The van der Waals surface area contributed by atoms with Gasteiger partial charge in [-0.3, -0.25) is 10.1 Å². The van der Waals surface area contributed by atoms with Crippen LogP contribution in [0.1, 0.15) is 31.2 Å². The number of rotatable bonds is 3. The minimum Gasteiger partial charge on any atom is -0.490 e. The number of hydrogen-bond acceptors (Lipinski definition) is 3. The van der Waals surface area contributed by atoms with Crippen LogP contribution in [-0.4, -0.2) is 11.0 Å². The Balaban J connectivity index is 2.12. The molecule has 16 heavy (non-hydrogen) atoms. The Bertz CT molecular complexity index is 397. The molecule has 0 heterocycles. The molecule has 0 aliphatic heterocycles. The van der Waals surface area contributed by atoms with Crippen LogP contribution in [0.5, 0.6) is 5.75 Å². The molecule has 1 saturated carbocycles.